The van der Waals surface area contributed by atoms with E-state index in [0.29, 0.717) is 40.8 Å². The first-order chi connectivity index (χ1) is 18.7. The van der Waals surface area contributed by atoms with Crippen LogP contribution in [0.15, 0.2) is 53.2 Å². The number of alkyl halides is 3. The van der Waals surface area contributed by atoms with E-state index in [1.165, 1.54) is 18.7 Å². The summed E-state index contributed by atoms with van der Waals surface area (Å²) < 4.78 is 45.8. The molecule has 5 atom stereocenters. The van der Waals surface area contributed by atoms with Crippen molar-refractivity contribution in [1.29, 1.82) is 0 Å². The third-order valence-corrected chi connectivity index (χ3v) is 8.74. The molecule has 1 aromatic carbocycles. The van der Waals surface area contributed by atoms with Gasteiger partial charge in [-0.25, -0.2) is 4.98 Å². The summed E-state index contributed by atoms with van der Waals surface area (Å²) in [5, 5.41) is 3.53. The number of carbonyl (C=O) groups is 1. The van der Waals surface area contributed by atoms with Gasteiger partial charge in [0.2, 0.25) is 5.91 Å². The summed E-state index contributed by atoms with van der Waals surface area (Å²) in [5.41, 5.74) is 6.35. The molecule has 3 aliphatic rings. The van der Waals surface area contributed by atoms with E-state index in [0.717, 1.165) is 50.6 Å². The van der Waals surface area contributed by atoms with Crippen LogP contribution in [-0.2, 0) is 6.18 Å². The Bertz CT molecular complexity index is 1340. The summed E-state index contributed by atoms with van der Waals surface area (Å²) >= 11 is 0. The molecule has 1 saturated heterocycles. The third kappa shape index (κ3) is 5.33. The molecule has 0 unspecified atom stereocenters. The van der Waals surface area contributed by atoms with Gasteiger partial charge in [0, 0.05) is 41.6 Å². The zero-order valence-corrected chi connectivity index (χ0v) is 21.5. The number of carbonyl (C=O) groups excluding carboxylic acids is 1. The number of aromatic nitrogens is 2. The highest BCUT2D eigenvalue weighted by molar-refractivity contribution is 5.93. The maximum absolute atomic E-state index is 13.3. The normalized spacial score (nSPS) is 26.6. The van der Waals surface area contributed by atoms with Crippen LogP contribution >= 0.6 is 0 Å². The molecule has 0 spiro atoms. The number of hydrogen-bond acceptors (Lipinski definition) is 6. The Morgan fingerprint density at radius 3 is 2.74 bits per heavy atom. The van der Waals surface area contributed by atoms with Gasteiger partial charge < -0.3 is 20.4 Å². The lowest BCUT2D eigenvalue weighted by molar-refractivity contribution is -0.141. The van der Waals surface area contributed by atoms with Gasteiger partial charge in [0.1, 0.15) is 5.69 Å². The van der Waals surface area contributed by atoms with Crippen LogP contribution in [0, 0.1) is 17.8 Å². The number of piperidine rings is 1. The molecule has 2 saturated carbocycles. The molecule has 2 bridgehead atoms. The van der Waals surface area contributed by atoms with Gasteiger partial charge in [-0.3, -0.25) is 9.78 Å². The molecule has 3 N–H and O–H groups in total. The van der Waals surface area contributed by atoms with Crippen LogP contribution in [0.4, 0.5) is 24.9 Å². The number of hydrogen-bond donors (Lipinski definition) is 2. The van der Waals surface area contributed by atoms with Crippen molar-refractivity contribution in [3.05, 3.63) is 60.0 Å². The van der Waals surface area contributed by atoms with Crippen LogP contribution in [0.2, 0.25) is 0 Å². The molecular formula is C29H32F3N5O2. The number of primary amides is 1. The van der Waals surface area contributed by atoms with Crippen LogP contribution < -0.4 is 16.0 Å². The Balaban J connectivity index is 1.14. The average Bonchev–Trinajstić information content (AvgIpc) is 3.66. The van der Waals surface area contributed by atoms with Gasteiger partial charge in [-0.2, -0.15) is 13.2 Å². The number of oxazole rings is 1. The molecular weight excluding hydrogens is 507 g/mol. The molecule has 2 aromatic heterocycles. The Kier molecular flexibility index (Phi) is 6.72. The second kappa shape index (κ2) is 10.2. The van der Waals surface area contributed by atoms with Crippen molar-refractivity contribution in [2.24, 2.45) is 23.5 Å². The number of nitrogens with one attached hydrogen (secondary N) is 1. The highest BCUT2D eigenvalue weighted by Crippen LogP contribution is 2.48. The number of amides is 1. The SMILES string of the molecule is NC(=O)c1cccc(-c2cnc(N[C@@H]3CCCC[C@H]3C[C@H]3C[C@@H]4C[C@H]3N(c3ccnc(C(F)(F)F)c3)C4)o2)c1. The molecule has 7 nitrogen and oxygen atoms in total. The van der Waals surface area contributed by atoms with Crippen LogP contribution in [0.25, 0.3) is 11.3 Å². The fourth-order valence-electron chi connectivity index (χ4n) is 6.99. The van der Waals surface area contributed by atoms with E-state index in [1.54, 1.807) is 30.5 Å². The lowest BCUT2D eigenvalue weighted by Crippen LogP contribution is -2.41. The summed E-state index contributed by atoms with van der Waals surface area (Å²) in [5.74, 6) is 1.45. The first-order valence-electron chi connectivity index (χ1n) is 13.7. The number of rotatable bonds is 7. The van der Waals surface area contributed by atoms with Gasteiger partial charge in [-0.1, -0.05) is 25.0 Å². The summed E-state index contributed by atoms with van der Waals surface area (Å²) in [6, 6.07) is 10.8. The number of anilines is 2. The quantitative estimate of drug-likeness (QED) is 0.375. The van der Waals surface area contributed by atoms with Crippen LogP contribution in [0.3, 0.4) is 0 Å². The summed E-state index contributed by atoms with van der Waals surface area (Å²) in [6.07, 6.45) is 6.09. The van der Waals surface area contributed by atoms with E-state index < -0.39 is 17.8 Å². The minimum atomic E-state index is -4.44. The lowest BCUT2D eigenvalue weighted by Gasteiger charge is -2.39. The van der Waals surface area contributed by atoms with E-state index in [9.17, 15) is 18.0 Å². The van der Waals surface area contributed by atoms with Crippen molar-refractivity contribution in [3.8, 4) is 11.3 Å². The fraction of sp³-hybridized carbons (Fsp3) is 0.483. The maximum atomic E-state index is 13.3. The standard InChI is InChI=1S/C29H32F3N5O2/c30-29(31,32)26-14-22(8-9-34-26)37-16-17-10-21(24(37)11-17)12-18-4-1-2-7-23(18)36-28-35-15-25(39-28)19-5-3-6-20(13-19)27(33)38/h3,5-6,8-9,13-15,17-18,21,23-24H,1-2,4,7,10-12,16H2,(H2,33,38)(H,35,36)/t17-,18+,21-,23-,24-/m1/s1. The molecule has 2 aliphatic carbocycles. The molecule has 10 heteroatoms. The largest absolute Gasteiger partial charge is 0.433 e. The van der Waals surface area contributed by atoms with Gasteiger partial charge in [0.15, 0.2) is 5.76 Å². The first kappa shape index (κ1) is 25.7. The van der Waals surface area contributed by atoms with E-state index in [1.807, 2.05) is 6.07 Å². The van der Waals surface area contributed by atoms with E-state index >= 15 is 0 Å². The minimum absolute atomic E-state index is 0.215. The zero-order valence-electron chi connectivity index (χ0n) is 21.5. The molecule has 39 heavy (non-hydrogen) atoms. The van der Waals surface area contributed by atoms with Gasteiger partial charge in [0.05, 0.1) is 6.20 Å². The predicted molar refractivity (Wildman–Crippen MR) is 141 cm³/mol. The van der Waals surface area contributed by atoms with Crippen LogP contribution in [-0.4, -0.2) is 34.5 Å². The third-order valence-electron chi connectivity index (χ3n) is 8.74. The number of nitrogens with two attached hydrogens (primary N) is 1. The molecule has 1 amide bonds. The Morgan fingerprint density at radius 1 is 1.10 bits per heavy atom. The topological polar surface area (TPSA) is 97.3 Å². The van der Waals surface area contributed by atoms with Crippen molar-refractivity contribution < 1.29 is 22.4 Å². The van der Waals surface area contributed by atoms with Crippen LogP contribution in [0.5, 0.6) is 0 Å². The number of fused-ring (bicyclic) bond motifs is 2. The molecule has 6 rings (SSSR count). The van der Waals surface area contributed by atoms with Crippen molar-refractivity contribution in [1.82, 2.24) is 9.97 Å². The zero-order chi connectivity index (χ0) is 27.1. The maximum Gasteiger partial charge on any atom is 0.433 e. The Morgan fingerprint density at radius 2 is 1.95 bits per heavy atom. The summed E-state index contributed by atoms with van der Waals surface area (Å²) in [6.45, 7) is 0.810. The van der Waals surface area contributed by atoms with Gasteiger partial charge in [-0.15, -0.1) is 0 Å². The van der Waals surface area contributed by atoms with Crippen molar-refractivity contribution in [3.63, 3.8) is 0 Å². The van der Waals surface area contributed by atoms with E-state index in [4.69, 9.17) is 10.2 Å². The fourth-order valence-corrected chi connectivity index (χ4v) is 6.99. The summed E-state index contributed by atoms with van der Waals surface area (Å²) in [4.78, 5) is 21.7. The van der Waals surface area contributed by atoms with Crippen molar-refractivity contribution >= 4 is 17.6 Å². The van der Waals surface area contributed by atoms with Gasteiger partial charge in [-0.05, 0) is 74.1 Å². The predicted octanol–water partition coefficient (Wildman–Crippen LogP) is 6.13. The molecule has 206 valence electrons. The monoisotopic (exact) mass is 539 g/mol. The number of benzene rings is 1. The summed E-state index contributed by atoms with van der Waals surface area (Å²) in [7, 11) is 0. The minimum Gasteiger partial charge on any atom is -0.424 e. The Hall–Kier alpha value is -3.56. The molecule has 3 fully saturated rings. The number of pyridine rings is 1. The smallest absolute Gasteiger partial charge is 0.424 e. The van der Waals surface area contributed by atoms with E-state index in [2.05, 4.69) is 20.2 Å². The Labute approximate surface area is 225 Å². The second-order valence-corrected chi connectivity index (χ2v) is 11.2. The second-order valence-electron chi connectivity index (χ2n) is 11.2. The first-order valence-corrected chi connectivity index (χ1v) is 13.7. The molecule has 3 aromatic rings. The van der Waals surface area contributed by atoms with Crippen LogP contribution in [0.1, 0.15) is 61.0 Å². The average molecular weight is 540 g/mol. The highest BCUT2D eigenvalue weighted by Gasteiger charge is 2.46. The van der Waals surface area contributed by atoms with Gasteiger partial charge in [0.25, 0.3) is 6.01 Å². The molecule has 1 aliphatic heterocycles. The van der Waals surface area contributed by atoms with Crippen molar-refractivity contribution in [2.45, 2.75) is 63.2 Å². The van der Waals surface area contributed by atoms with Gasteiger partial charge >= 0.3 is 6.18 Å². The molecule has 0 radical (unpaired) electrons. The lowest BCUT2D eigenvalue weighted by atomic mass is 9.77. The highest BCUT2D eigenvalue weighted by atomic mass is 19.4. The number of halogens is 3. The molecule has 3 heterocycles. The van der Waals surface area contributed by atoms with Crippen molar-refractivity contribution in [2.75, 3.05) is 16.8 Å². The van der Waals surface area contributed by atoms with E-state index in [-0.39, 0.29) is 12.1 Å². The number of nitrogens with zero attached hydrogens (tertiary/aromatic N) is 3.